The Labute approximate surface area is 129 Å². The predicted octanol–water partition coefficient (Wildman–Crippen LogP) is 2.68. The summed E-state index contributed by atoms with van der Waals surface area (Å²) in [7, 11) is 0.767. The lowest BCUT2D eigenvalue weighted by Crippen LogP contribution is -2.38. The Kier molecular flexibility index (Phi) is 4.97. The number of carbonyl (C=O) groups excluding carboxylic acids is 1. The average Bonchev–Trinajstić information content (AvgIpc) is 2.47. The van der Waals surface area contributed by atoms with E-state index < -0.39 is 8.07 Å². The van der Waals surface area contributed by atoms with Crippen LogP contribution in [0.5, 0.6) is 5.75 Å². The molecule has 0 heterocycles. The first-order valence-electron chi connectivity index (χ1n) is 6.95. The van der Waals surface area contributed by atoms with Crippen molar-refractivity contribution in [2.45, 2.75) is 19.6 Å². The second kappa shape index (κ2) is 6.55. The molecule has 0 fully saturated rings. The molecule has 0 saturated carbocycles. The number of ether oxygens (including phenoxy) is 1. The minimum atomic E-state index is -1.36. The molecule has 0 bridgehead atoms. The summed E-state index contributed by atoms with van der Waals surface area (Å²) in [5.74, 6) is 0.899. The number of benzene rings is 2. The van der Waals surface area contributed by atoms with E-state index in [-0.39, 0.29) is 0 Å². The van der Waals surface area contributed by atoms with Crippen LogP contribution < -0.4 is 20.5 Å². The van der Waals surface area contributed by atoms with Crippen LogP contribution >= 0.6 is 8.58 Å². The third kappa shape index (κ3) is 3.81. The topological polar surface area (TPSA) is 26.3 Å². The van der Waals surface area contributed by atoms with Crippen LogP contribution in [-0.2, 0) is 0 Å². The lowest BCUT2D eigenvalue weighted by atomic mass is 10.2. The second-order valence-corrected chi connectivity index (χ2v) is 12.4. The highest BCUT2D eigenvalue weighted by Gasteiger charge is 2.18. The fraction of sp³-hybridized carbons (Fsp3) is 0.235. The van der Waals surface area contributed by atoms with Crippen molar-refractivity contribution in [2.24, 2.45) is 0 Å². The zero-order valence-electron chi connectivity index (χ0n) is 12.9. The van der Waals surface area contributed by atoms with E-state index in [4.69, 9.17) is 4.74 Å². The maximum Gasteiger partial charge on any atom is 0.150 e. The summed E-state index contributed by atoms with van der Waals surface area (Å²) in [6.07, 6.45) is 0.928. The zero-order valence-corrected chi connectivity index (χ0v) is 14.9. The van der Waals surface area contributed by atoms with Crippen molar-refractivity contribution in [3.05, 3.63) is 48.0 Å². The molecule has 2 nitrogen and oxygen atoms in total. The van der Waals surface area contributed by atoms with E-state index >= 15 is 0 Å². The summed E-state index contributed by atoms with van der Waals surface area (Å²) in [5.41, 5.74) is 0.760. The highest BCUT2D eigenvalue weighted by atomic mass is 31.1. The lowest BCUT2D eigenvalue weighted by Gasteiger charge is -2.19. The van der Waals surface area contributed by atoms with Gasteiger partial charge in [-0.1, -0.05) is 69.8 Å². The van der Waals surface area contributed by atoms with Gasteiger partial charge in [-0.3, -0.25) is 4.79 Å². The summed E-state index contributed by atoms with van der Waals surface area (Å²) < 4.78 is 5.49. The van der Waals surface area contributed by atoms with Crippen molar-refractivity contribution in [1.82, 2.24) is 0 Å². The Morgan fingerprint density at radius 1 is 1.05 bits per heavy atom. The fourth-order valence-corrected chi connectivity index (χ4v) is 4.73. The molecular formula is C17H21O2PSi. The van der Waals surface area contributed by atoms with E-state index in [9.17, 15) is 4.79 Å². The van der Waals surface area contributed by atoms with Crippen molar-refractivity contribution in [3.63, 3.8) is 0 Å². The van der Waals surface area contributed by atoms with Gasteiger partial charge < -0.3 is 4.74 Å². The van der Waals surface area contributed by atoms with Gasteiger partial charge in [-0.2, -0.15) is 0 Å². The molecule has 0 radical (unpaired) electrons. The van der Waals surface area contributed by atoms with E-state index in [0.717, 1.165) is 22.9 Å². The van der Waals surface area contributed by atoms with E-state index in [1.54, 1.807) is 7.11 Å². The van der Waals surface area contributed by atoms with Gasteiger partial charge in [0.05, 0.1) is 15.2 Å². The molecule has 1 atom stereocenters. The highest BCUT2D eigenvalue weighted by Crippen LogP contribution is 2.20. The third-order valence-electron chi connectivity index (χ3n) is 3.42. The van der Waals surface area contributed by atoms with Crippen molar-refractivity contribution in [1.29, 1.82) is 0 Å². The smallest absolute Gasteiger partial charge is 0.150 e. The maximum absolute atomic E-state index is 11.2. The van der Waals surface area contributed by atoms with Crippen LogP contribution in [0.4, 0.5) is 0 Å². The Bertz CT molecular complexity index is 647. The molecule has 110 valence electrons. The second-order valence-electron chi connectivity index (χ2n) is 6.00. The SMILES string of the molecule is COc1ccc([Si](C)(C)C)cc1Pc1ccccc1C=O. The van der Waals surface area contributed by atoms with E-state index in [1.165, 1.54) is 10.5 Å². The molecule has 0 aliphatic rings. The molecule has 1 unspecified atom stereocenters. The van der Waals surface area contributed by atoms with Crippen LogP contribution in [0, 0.1) is 0 Å². The first-order chi connectivity index (χ1) is 9.95. The molecule has 0 amide bonds. The van der Waals surface area contributed by atoms with Crippen molar-refractivity contribution < 1.29 is 9.53 Å². The molecule has 4 heteroatoms. The monoisotopic (exact) mass is 316 g/mol. The molecule has 2 aromatic carbocycles. The fourth-order valence-electron chi connectivity index (χ4n) is 2.13. The molecule has 2 aromatic rings. The Balaban J connectivity index is 2.44. The van der Waals surface area contributed by atoms with Gasteiger partial charge >= 0.3 is 0 Å². The van der Waals surface area contributed by atoms with Gasteiger partial charge in [0.15, 0.2) is 6.29 Å². The number of carbonyl (C=O) groups is 1. The van der Waals surface area contributed by atoms with Gasteiger partial charge in [0.25, 0.3) is 0 Å². The van der Waals surface area contributed by atoms with E-state index in [0.29, 0.717) is 8.58 Å². The van der Waals surface area contributed by atoms with Crippen LogP contribution in [0.2, 0.25) is 19.6 Å². The Morgan fingerprint density at radius 3 is 2.38 bits per heavy atom. The summed E-state index contributed by atoms with van der Waals surface area (Å²) in [6, 6.07) is 14.2. The molecule has 21 heavy (non-hydrogen) atoms. The molecule has 0 aliphatic carbocycles. The van der Waals surface area contributed by atoms with Crippen LogP contribution in [0.25, 0.3) is 0 Å². The maximum atomic E-state index is 11.2. The van der Waals surface area contributed by atoms with Gasteiger partial charge in [-0.15, -0.1) is 0 Å². The highest BCUT2D eigenvalue weighted by molar-refractivity contribution is 7.56. The largest absolute Gasteiger partial charge is 0.496 e. The molecule has 0 aromatic heterocycles. The molecule has 0 spiro atoms. The number of aldehydes is 1. The van der Waals surface area contributed by atoms with E-state index in [1.807, 2.05) is 24.3 Å². The van der Waals surface area contributed by atoms with Crippen molar-refractivity contribution >= 4 is 38.7 Å². The molecule has 0 saturated heterocycles. The number of hydrogen-bond acceptors (Lipinski definition) is 2. The van der Waals surface area contributed by atoms with Gasteiger partial charge in [0, 0.05) is 10.9 Å². The minimum absolute atomic E-state index is 0.429. The summed E-state index contributed by atoms with van der Waals surface area (Å²) in [6.45, 7) is 7.00. The zero-order chi connectivity index (χ0) is 15.5. The Hall–Kier alpha value is -1.44. The third-order valence-corrected chi connectivity index (χ3v) is 6.85. The minimum Gasteiger partial charge on any atom is -0.496 e. The van der Waals surface area contributed by atoms with Crippen LogP contribution in [0.1, 0.15) is 10.4 Å². The van der Waals surface area contributed by atoms with Crippen molar-refractivity contribution in [2.75, 3.05) is 7.11 Å². The summed E-state index contributed by atoms with van der Waals surface area (Å²) >= 11 is 0. The van der Waals surface area contributed by atoms with Crippen molar-refractivity contribution in [3.8, 4) is 5.75 Å². The standard InChI is InChI=1S/C17H21O2PSi/c1-19-15-10-9-14(21(2,3)4)11-17(15)20-16-8-6-5-7-13(16)12-18/h5-12,20H,1-4H3. The number of rotatable bonds is 5. The number of methoxy groups -OCH3 is 1. The Morgan fingerprint density at radius 2 is 1.76 bits per heavy atom. The quantitative estimate of drug-likeness (QED) is 0.482. The number of hydrogen-bond donors (Lipinski definition) is 0. The summed E-state index contributed by atoms with van der Waals surface area (Å²) in [4.78, 5) is 11.2. The summed E-state index contributed by atoms with van der Waals surface area (Å²) in [5, 5.41) is 3.65. The molecular weight excluding hydrogens is 295 g/mol. The first kappa shape index (κ1) is 15.9. The van der Waals surface area contributed by atoms with Gasteiger partial charge in [-0.25, -0.2) is 0 Å². The van der Waals surface area contributed by atoms with Crippen LogP contribution in [0.15, 0.2) is 42.5 Å². The van der Waals surface area contributed by atoms with E-state index in [2.05, 4.69) is 37.8 Å². The normalized spacial score (nSPS) is 11.8. The predicted molar refractivity (Wildman–Crippen MR) is 95.4 cm³/mol. The van der Waals surface area contributed by atoms with Crippen LogP contribution in [-0.4, -0.2) is 21.5 Å². The van der Waals surface area contributed by atoms with Gasteiger partial charge in [0.1, 0.15) is 5.75 Å². The average molecular weight is 316 g/mol. The molecule has 0 aliphatic heterocycles. The van der Waals surface area contributed by atoms with Gasteiger partial charge in [-0.05, 0) is 11.4 Å². The molecule has 2 rings (SSSR count). The van der Waals surface area contributed by atoms with Crippen LogP contribution in [0.3, 0.4) is 0 Å². The van der Waals surface area contributed by atoms with Gasteiger partial charge in [0.2, 0.25) is 0 Å². The molecule has 0 N–H and O–H groups in total. The lowest BCUT2D eigenvalue weighted by molar-refractivity contribution is 0.112. The first-order valence-corrected chi connectivity index (χ1v) is 11.5.